The van der Waals surface area contributed by atoms with Crippen LogP contribution in [0.25, 0.3) is 0 Å². The molecule has 0 saturated carbocycles. The Labute approximate surface area is 85.9 Å². The van der Waals surface area contributed by atoms with Crippen molar-refractivity contribution in [2.75, 3.05) is 17.6 Å². The van der Waals surface area contributed by atoms with E-state index in [1.54, 1.807) is 0 Å². The van der Waals surface area contributed by atoms with Crippen LogP contribution >= 0.6 is 0 Å². The van der Waals surface area contributed by atoms with E-state index in [0.29, 0.717) is 11.4 Å². The molecule has 6 nitrogen and oxygen atoms in total. The minimum absolute atomic E-state index is 0.213. The number of carbonyl (C=O) groups is 2. The van der Waals surface area contributed by atoms with Crippen LogP contribution < -0.4 is 16.8 Å². The summed E-state index contributed by atoms with van der Waals surface area (Å²) in [5.74, 6) is -1.67. The number of carboxylic acid groups (broad SMARTS) is 1. The zero-order valence-corrected chi connectivity index (χ0v) is 7.86. The Morgan fingerprint density at radius 1 is 1.40 bits per heavy atom. The standard InChI is InChI=1S/C9H11N3O3/c10-5-1-2-6(9(11)15)7(3-5)12-4-8(13)14/h1-3,12H,4,10H2,(H2,11,15)(H,13,14). The van der Waals surface area contributed by atoms with E-state index in [1.165, 1.54) is 18.2 Å². The maximum Gasteiger partial charge on any atom is 0.322 e. The first-order valence-electron chi connectivity index (χ1n) is 4.15. The van der Waals surface area contributed by atoms with Gasteiger partial charge in [0.05, 0.1) is 5.56 Å². The number of anilines is 2. The maximum atomic E-state index is 11.0. The molecule has 0 aromatic heterocycles. The Kier molecular flexibility index (Phi) is 3.12. The van der Waals surface area contributed by atoms with Gasteiger partial charge in [0.2, 0.25) is 0 Å². The Bertz CT molecular complexity index is 404. The SMILES string of the molecule is NC(=O)c1ccc(N)cc1NCC(=O)O. The minimum atomic E-state index is -1.03. The summed E-state index contributed by atoms with van der Waals surface area (Å²) in [7, 11) is 0. The predicted octanol–water partition coefficient (Wildman–Crippen LogP) is -0.136. The number of rotatable bonds is 4. The summed E-state index contributed by atoms with van der Waals surface area (Å²) in [4.78, 5) is 21.3. The molecule has 0 aliphatic carbocycles. The molecule has 0 heterocycles. The van der Waals surface area contributed by atoms with Gasteiger partial charge in [0.15, 0.2) is 0 Å². The third-order valence-corrected chi connectivity index (χ3v) is 1.74. The van der Waals surface area contributed by atoms with Crippen LogP contribution in [0.3, 0.4) is 0 Å². The lowest BCUT2D eigenvalue weighted by Crippen LogP contribution is -2.18. The first-order chi connectivity index (χ1) is 7.00. The van der Waals surface area contributed by atoms with Gasteiger partial charge >= 0.3 is 5.97 Å². The van der Waals surface area contributed by atoms with Crippen molar-refractivity contribution in [3.05, 3.63) is 23.8 Å². The second-order valence-corrected chi connectivity index (χ2v) is 2.92. The Morgan fingerprint density at radius 2 is 2.07 bits per heavy atom. The molecule has 0 aliphatic rings. The molecule has 6 N–H and O–H groups in total. The average Bonchev–Trinajstić information content (AvgIpc) is 2.14. The second kappa shape index (κ2) is 4.32. The van der Waals surface area contributed by atoms with Gasteiger partial charge in [0.1, 0.15) is 6.54 Å². The van der Waals surface area contributed by atoms with Crippen molar-refractivity contribution < 1.29 is 14.7 Å². The molecule has 0 bridgehead atoms. The number of hydrogen-bond acceptors (Lipinski definition) is 4. The van der Waals surface area contributed by atoms with Crippen molar-refractivity contribution in [3.63, 3.8) is 0 Å². The van der Waals surface area contributed by atoms with Crippen LogP contribution in [0.1, 0.15) is 10.4 Å². The number of primary amides is 1. The van der Waals surface area contributed by atoms with Crippen molar-refractivity contribution in [2.24, 2.45) is 5.73 Å². The van der Waals surface area contributed by atoms with Gasteiger partial charge in [-0.1, -0.05) is 0 Å². The lowest BCUT2D eigenvalue weighted by atomic mass is 10.1. The lowest BCUT2D eigenvalue weighted by molar-refractivity contribution is -0.134. The molecule has 0 spiro atoms. The maximum absolute atomic E-state index is 11.0. The summed E-state index contributed by atoms with van der Waals surface area (Å²) in [6.07, 6.45) is 0. The van der Waals surface area contributed by atoms with Crippen LogP contribution in [-0.4, -0.2) is 23.5 Å². The zero-order chi connectivity index (χ0) is 11.4. The number of hydrogen-bond donors (Lipinski definition) is 4. The molecule has 0 radical (unpaired) electrons. The van der Waals surface area contributed by atoms with Gasteiger partial charge in [-0.05, 0) is 18.2 Å². The summed E-state index contributed by atoms with van der Waals surface area (Å²) in [6.45, 7) is -0.302. The van der Waals surface area contributed by atoms with E-state index in [2.05, 4.69) is 5.32 Å². The number of aliphatic carboxylic acids is 1. The Morgan fingerprint density at radius 3 is 2.60 bits per heavy atom. The van der Waals surface area contributed by atoms with E-state index in [1.807, 2.05) is 0 Å². The monoisotopic (exact) mass is 209 g/mol. The van der Waals surface area contributed by atoms with E-state index < -0.39 is 11.9 Å². The molecule has 0 fully saturated rings. The van der Waals surface area contributed by atoms with E-state index in [0.717, 1.165) is 0 Å². The van der Waals surface area contributed by atoms with Gasteiger partial charge < -0.3 is 21.9 Å². The largest absolute Gasteiger partial charge is 0.480 e. The highest BCUT2D eigenvalue weighted by atomic mass is 16.4. The highest BCUT2D eigenvalue weighted by Gasteiger charge is 2.08. The van der Waals surface area contributed by atoms with Crippen LogP contribution in [0.2, 0.25) is 0 Å². The first-order valence-corrected chi connectivity index (χ1v) is 4.15. The number of nitrogens with one attached hydrogen (secondary N) is 1. The molecule has 1 rings (SSSR count). The van der Waals surface area contributed by atoms with Gasteiger partial charge in [-0.3, -0.25) is 9.59 Å². The molecule has 6 heteroatoms. The van der Waals surface area contributed by atoms with E-state index in [4.69, 9.17) is 16.6 Å². The van der Waals surface area contributed by atoms with Crippen LogP contribution in [0.15, 0.2) is 18.2 Å². The third kappa shape index (κ3) is 2.87. The number of carbonyl (C=O) groups excluding carboxylic acids is 1. The van der Waals surface area contributed by atoms with Gasteiger partial charge in [-0.25, -0.2) is 0 Å². The molecular formula is C9H11N3O3. The molecule has 0 atom stereocenters. The van der Waals surface area contributed by atoms with Crippen molar-refractivity contribution in [1.29, 1.82) is 0 Å². The fraction of sp³-hybridized carbons (Fsp3) is 0.111. The lowest BCUT2D eigenvalue weighted by Gasteiger charge is -2.08. The van der Waals surface area contributed by atoms with Gasteiger partial charge in [0.25, 0.3) is 5.91 Å². The van der Waals surface area contributed by atoms with Gasteiger partial charge in [-0.2, -0.15) is 0 Å². The quantitative estimate of drug-likeness (QED) is 0.515. The number of nitrogen functional groups attached to an aromatic ring is 1. The highest BCUT2D eigenvalue weighted by Crippen LogP contribution is 2.18. The minimum Gasteiger partial charge on any atom is -0.480 e. The van der Waals surface area contributed by atoms with Crippen LogP contribution in [0, 0.1) is 0 Å². The van der Waals surface area contributed by atoms with Crippen molar-refractivity contribution in [1.82, 2.24) is 0 Å². The molecule has 80 valence electrons. The number of nitrogens with two attached hydrogens (primary N) is 2. The molecular weight excluding hydrogens is 198 g/mol. The predicted molar refractivity (Wildman–Crippen MR) is 55.5 cm³/mol. The van der Waals surface area contributed by atoms with E-state index in [-0.39, 0.29) is 12.1 Å². The normalized spacial score (nSPS) is 9.60. The molecule has 1 aromatic carbocycles. The number of carboxylic acids is 1. The smallest absolute Gasteiger partial charge is 0.322 e. The van der Waals surface area contributed by atoms with Crippen molar-refractivity contribution in [2.45, 2.75) is 0 Å². The average molecular weight is 209 g/mol. The summed E-state index contributed by atoms with van der Waals surface area (Å²) < 4.78 is 0. The summed E-state index contributed by atoms with van der Waals surface area (Å²) in [5, 5.41) is 11.0. The summed E-state index contributed by atoms with van der Waals surface area (Å²) in [5.41, 5.74) is 11.6. The summed E-state index contributed by atoms with van der Waals surface area (Å²) in [6, 6.07) is 4.43. The van der Waals surface area contributed by atoms with Gasteiger partial charge in [0, 0.05) is 11.4 Å². The number of benzene rings is 1. The second-order valence-electron chi connectivity index (χ2n) is 2.92. The summed E-state index contributed by atoms with van der Waals surface area (Å²) >= 11 is 0. The molecule has 1 amide bonds. The molecule has 1 aromatic rings. The molecule has 0 saturated heterocycles. The first kappa shape index (κ1) is 10.8. The molecule has 0 aliphatic heterocycles. The van der Waals surface area contributed by atoms with Crippen LogP contribution in [-0.2, 0) is 4.79 Å². The zero-order valence-electron chi connectivity index (χ0n) is 7.86. The third-order valence-electron chi connectivity index (χ3n) is 1.74. The van der Waals surface area contributed by atoms with Crippen molar-refractivity contribution in [3.8, 4) is 0 Å². The topological polar surface area (TPSA) is 118 Å². The van der Waals surface area contributed by atoms with Crippen LogP contribution in [0.5, 0.6) is 0 Å². The fourth-order valence-corrected chi connectivity index (χ4v) is 1.09. The van der Waals surface area contributed by atoms with E-state index >= 15 is 0 Å². The molecule has 15 heavy (non-hydrogen) atoms. The highest BCUT2D eigenvalue weighted by molar-refractivity contribution is 5.99. The van der Waals surface area contributed by atoms with Gasteiger partial charge in [-0.15, -0.1) is 0 Å². The van der Waals surface area contributed by atoms with Crippen molar-refractivity contribution >= 4 is 23.3 Å². The van der Waals surface area contributed by atoms with E-state index in [9.17, 15) is 9.59 Å². The van der Waals surface area contributed by atoms with Crippen LogP contribution in [0.4, 0.5) is 11.4 Å². The fourth-order valence-electron chi connectivity index (χ4n) is 1.09. The Balaban J connectivity index is 2.96. The molecule has 0 unspecified atom stereocenters. The Hall–Kier alpha value is -2.24. The number of amides is 1.